The maximum absolute atomic E-state index is 12.1. The first-order chi connectivity index (χ1) is 8.20. The van der Waals surface area contributed by atoms with Crippen LogP contribution in [-0.4, -0.2) is 48.5 Å². The first kappa shape index (κ1) is 13.7. The van der Waals surface area contributed by atoms with Crippen molar-refractivity contribution in [1.82, 2.24) is 9.88 Å². The molecule has 1 aromatic rings. The zero-order valence-electron chi connectivity index (χ0n) is 9.61. The predicted octanol–water partition coefficient (Wildman–Crippen LogP) is 0.702. The van der Waals surface area contributed by atoms with Crippen LogP contribution in [0.5, 0.6) is 0 Å². The second kappa shape index (κ2) is 7.09. The van der Waals surface area contributed by atoms with E-state index in [0.717, 1.165) is 0 Å². The van der Waals surface area contributed by atoms with Crippen LogP contribution < -0.4 is 5.43 Å². The highest BCUT2D eigenvalue weighted by atomic mass is 35.5. The van der Waals surface area contributed by atoms with Gasteiger partial charge in [-0.15, -0.1) is 11.6 Å². The number of ether oxygens (including phenoxy) is 1. The van der Waals surface area contributed by atoms with Gasteiger partial charge in [0.15, 0.2) is 5.43 Å². The fourth-order valence-electron chi connectivity index (χ4n) is 1.37. The highest BCUT2D eigenvalue weighted by molar-refractivity contribution is 6.18. The van der Waals surface area contributed by atoms with Gasteiger partial charge in [0.25, 0.3) is 5.91 Å². The van der Waals surface area contributed by atoms with E-state index in [9.17, 15) is 9.59 Å². The van der Waals surface area contributed by atoms with Crippen molar-refractivity contribution in [2.45, 2.75) is 0 Å². The number of halogens is 1. The monoisotopic (exact) mass is 258 g/mol. The van der Waals surface area contributed by atoms with Gasteiger partial charge in [-0.2, -0.15) is 0 Å². The first-order valence-corrected chi connectivity index (χ1v) is 5.75. The summed E-state index contributed by atoms with van der Waals surface area (Å²) >= 11 is 5.63. The van der Waals surface area contributed by atoms with Gasteiger partial charge in [-0.3, -0.25) is 9.59 Å². The number of methoxy groups -OCH3 is 1. The maximum Gasteiger partial charge on any atom is 0.259 e. The molecule has 1 rings (SSSR count). The van der Waals surface area contributed by atoms with Crippen molar-refractivity contribution in [2.75, 3.05) is 32.7 Å². The Kier molecular flexibility index (Phi) is 5.72. The van der Waals surface area contributed by atoms with Crippen LogP contribution in [0.1, 0.15) is 10.4 Å². The molecule has 0 atom stereocenters. The SMILES string of the molecule is COCCN(CCCl)C(=O)c1c[nH]ccc1=O. The van der Waals surface area contributed by atoms with Gasteiger partial charge >= 0.3 is 0 Å². The van der Waals surface area contributed by atoms with Gasteiger partial charge in [0.1, 0.15) is 5.56 Å². The van der Waals surface area contributed by atoms with Gasteiger partial charge in [-0.05, 0) is 0 Å². The second-order valence-electron chi connectivity index (χ2n) is 3.40. The second-order valence-corrected chi connectivity index (χ2v) is 3.77. The van der Waals surface area contributed by atoms with Crippen LogP contribution in [-0.2, 0) is 4.74 Å². The van der Waals surface area contributed by atoms with Crippen molar-refractivity contribution in [3.63, 3.8) is 0 Å². The molecular formula is C11H15ClN2O3. The number of pyridine rings is 1. The molecule has 1 heterocycles. The Bertz CT molecular complexity index is 419. The van der Waals surface area contributed by atoms with Crippen LogP contribution in [0.4, 0.5) is 0 Å². The molecule has 0 spiro atoms. The summed E-state index contributed by atoms with van der Waals surface area (Å²) in [6.45, 7) is 1.21. The third kappa shape index (κ3) is 3.87. The van der Waals surface area contributed by atoms with Crippen molar-refractivity contribution < 1.29 is 9.53 Å². The summed E-state index contributed by atoms with van der Waals surface area (Å²) in [6.07, 6.45) is 2.89. The molecular weight excluding hydrogens is 244 g/mol. The summed E-state index contributed by atoms with van der Waals surface area (Å²) in [7, 11) is 1.55. The van der Waals surface area contributed by atoms with E-state index in [1.54, 1.807) is 7.11 Å². The molecule has 0 fully saturated rings. The number of aromatic amines is 1. The Hall–Kier alpha value is -1.33. The van der Waals surface area contributed by atoms with Crippen molar-refractivity contribution in [3.05, 3.63) is 34.2 Å². The van der Waals surface area contributed by atoms with E-state index in [0.29, 0.717) is 25.6 Å². The molecule has 0 bridgehead atoms. The number of alkyl halides is 1. The minimum atomic E-state index is -0.329. The molecule has 0 aliphatic rings. The van der Waals surface area contributed by atoms with E-state index in [1.165, 1.54) is 23.4 Å². The number of nitrogens with one attached hydrogen (secondary N) is 1. The van der Waals surface area contributed by atoms with Crippen LogP contribution in [0.2, 0.25) is 0 Å². The number of H-pyrrole nitrogens is 1. The molecule has 1 aromatic heterocycles. The zero-order valence-corrected chi connectivity index (χ0v) is 10.4. The van der Waals surface area contributed by atoms with E-state index in [2.05, 4.69) is 4.98 Å². The molecule has 0 saturated heterocycles. The topological polar surface area (TPSA) is 62.4 Å². The maximum atomic E-state index is 12.1. The van der Waals surface area contributed by atoms with Gasteiger partial charge in [0, 0.05) is 44.5 Å². The number of hydrogen-bond donors (Lipinski definition) is 1. The van der Waals surface area contributed by atoms with E-state index in [4.69, 9.17) is 16.3 Å². The van der Waals surface area contributed by atoms with Crippen LogP contribution >= 0.6 is 11.6 Å². The van der Waals surface area contributed by atoms with Crippen molar-refractivity contribution in [3.8, 4) is 0 Å². The lowest BCUT2D eigenvalue weighted by molar-refractivity contribution is 0.0706. The Morgan fingerprint density at radius 1 is 1.53 bits per heavy atom. The summed E-state index contributed by atoms with van der Waals surface area (Å²) in [6, 6.07) is 1.32. The Balaban J connectivity index is 2.84. The number of nitrogens with zero attached hydrogens (tertiary/aromatic N) is 1. The average Bonchev–Trinajstić information content (AvgIpc) is 2.34. The molecule has 5 nitrogen and oxygen atoms in total. The zero-order chi connectivity index (χ0) is 12.7. The van der Waals surface area contributed by atoms with E-state index < -0.39 is 0 Å². The fraction of sp³-hybridized carbons (Fsp3) is 0.455. The van der Waals surface area contributed by atoms with Crippen LogP contribution in [0.3, 0.4) is 0 Å². The van der Waals surface area contributed by atoms with Crippen LogP contribution in [0.15, 0.2) is 23.3 Å². The lowest BCUT2D eigenvalue weighted by atomic mass is 10.2. The predicted molar refractivity (Wildman–Crippen MR) is 65.6 cm³/mol. The van der Waals surface area contributed by atoms with E-state index >= 15 is 0 Å². The Labute approximate surface area is 104 Å². The van der Waals surface area contributed by atoms with Gasteiger partial charge < -0.3 is 14.6 Å². The molecule has 1 N–H and O–H groups in total. The third-order valence-corrected chi connectivity index (χ3v) is 2.43. The average molecular weight is 259 g/mol. The Morgan fingerprint density at radius 3 is 2.88 bits per heavy atom. The number of carbonyl (C=O) groups is 1. The highest BCUT2D eigenvalue weighted by Crippen LogP contribution is 1.99. The van der Waals surface area contributed by atoms with Gasteiger partial charge in [0.05, 0.1) is 6.61 Å². The highest BCUT2D eigenvalue weighted by Gasteiger charge is 2.17. The summed E-state index contributed by atoms with van der Waals surface area (Å²) < 4.78 is 4.91. The number of carbonyl (C=O) groups excluding carboxylic acids is 1. The summed E-state index contributed by atoms with van der Waals surface area (Å²) in [5, 5.41) is 0. The number of amides is 1. The molecule has 17 heavy (non-hydrogen) atoms. The van der Waals surface area contributed by atoms with E-state index in [-0.39, 0.29) is 16.9 Å². The van der Waals surface area contributed by atoms with Crippen molar-refractivity contribution in [2.24, 2.45) is 0 Å². The quantitative estimate of drug-likeness (QED) is 0.764. The van der Waals surface area contributed by atoms with Crippen molar-refractivity contribution in [1.29, 1.82) is 0 Å². The lowest BCUT2D eigenvalue weighted by Crippen LogP contribution is -2.37. The molecule has 0 aliphatic heterocycles. The van der Waals surface area contributed by atoms with Crippen LogP contribution in [0.25, 0.3) is 0 Å². The molecule has 0 saturated carbocycles. The molecule has 0 aliphatic carbocycles. The summed E-state index contributed by atoms with van der Waals surface area (Å²) in [5.41, 5.74) is -0.181. The molecule has 0 aromatic carbocycles. The molecule has 1 amide bonds. The summed E-state index contributed by atoms with van der Waals surface area (Å²) in [4.78, 5) is 27.8. The molecule has 0 radical (unpaired) electrons. The fourth-order valence-corrected chi connectivity index (χ4v) is 1.58. The number of aromatic nitrogens is 1. The summed E-state index contributed by atoms with van der Waals surface area (Å²) in [5.74, 6) is -0.00948. The Morgan fingerprint density at radius 2 is 2.29 bits per heavy atom. The first-order valence-electron chi connectivity index (χ1n) is 5.22. The van der Waals surface area contributed by atoms with Crippen LogP contribution in [0, 0.1) is 0 Å². The molecule has 0 unspecified atom stereocenters. The molecule has 6 heteroatoms. The lowest BCUT2D eigenvalue weighted by Gasteiger charge is -2.20. The van der Waals surface area contributed by atoms with Crippen molar-refractivity contribution >= 4 is 17.5 Å². The molecule has 94 valence electrons. The minimum Gasteiger partial charge on any atom is -0.383 e. The van der Waals surface area contributed by atoms with Gasteiger partial charge in [-0.1, -0.05) is 0 Å². The van der Waals surface area contributed by atoms with Gasteiger partial charge in [0.2, 0.25) is 0 Å². The third-order valence-electron chi connectivity index (χ3n) is 2.26. The largest absolute Gasteiger partial charge is 0.383 e. The minimum absolute atomic E-state index is 0.119. The normalized spacial score (nSPS) is 10.2. The smallest absolute Gasteiger partial charge is 0.259 e. The number of rotatable bonds is 6. The van der Waals surface area contributed by atoms with Gasteiger partial charge in [-0.25, -0.2) is 0 Å². The standard InChI is InChI=1S/C11H15ClN2O3/c1-17-7-6-14(5-3-12)11(16)9-8-13-4-2-10(9)15/h2,4,8H,3,5-7H2,1H3,(H,13,15). The number of hydrogen-bond acceptors (Lipinski definition) is 3. The van der Waals surface area contributed by atoms with E-state index in [1.807, 2.05) is 0 Å².